The first-order chi connectivity index (χ1) is 17.2. The van der Waals surface area contributed by atoms with E-state index in [1.54, 1.807) is 30.9 Å². The van der Waals surface area contributed by atoms with Crippen molar-refractivity contribution in [2.75, 3.05) is 19.9 Å². The van der Waals surface area contributed by atoms with Gasteiger partial charge in [-0.25, -0.2) is 9.67 Å². The minimum atomic E-state index is -0.197. The molecule has 2 aromatic rings. The maximum absolute atomic E-state index is 12.5. The van der Waals surface area contributed by atoms with Gasteiger partial charge in [-0.15, -0.1) is 11.7 Å². The number of nitrogens with one attached hydrogen (secondary N) is 2. The minimum Gasteiger partial charge on any atom is -0.478 e. The van der Waals surface area contributed by atoms with Gasteiger partial charge in [-0.3, -0.25) is 9.59 Å². The SMILES string of the molecule is C/C=C/n1nnc(C(=O)NC(C)CC)c1CCCOc1cc(C)nc(SC)n1.C=CC(C)C(=O)NC. The molecule has 0 bridgehead atoms. The number of carbonyl (C=O) groups is 2. The van der Waals surface area contributed by atoms with Crippen LogP contribution in [0.4, 0.5) is 0 Å². The van der Waals surface area contributed by atoms with E-state index in [-0.39, 0.29) is 23.8 Å². The van der Waals surface area contributed by atoms with E-state index in [0.29, 0.717) is 36.2 Å². The molecule has 198 valence electrons. The molecule has 2 N–H and O–H groups in total. The van der Waals surface area contributed by atoms with Gasteiger partial charge in [-0.2, -0.15) is 4.98 Å². The second-order valence-electron chi connectivity index (χ2n) is 8.02. The molecule has 10 nitrogen and oxygen atoms in total. The monoisotopic (exact) mass is 517 g/mol. The number of thioether (sulfide) groups is 1. The predicted octanol–water partition coefficient (Wildman–Crippen LogP) is 3.68. The van der Waals surface area contributed by atoms with E-state index in [4.69, 9.17) is 4.74 Å². The van der Waals surface area contributed by atoms with Crippen LogP contribution in [-0.2, 0) is 11.2 Å². The maximum atomic E-state index is 12.5. The van der Waals surface area contributed by atoms with E-state index in [1.165, 1.54) is 11.8 Å². The number of amides is 2. The molecule has 2 unspecified atom stereocenters. The minimum absolute atomic E-state index is 0.0139. The lowest BCUT2D eigenvalue weighted by atomic mass is 10.1. The molecular formula is C25H39N7O3S. The number of ether oxygens (including phenoxy) is 1. The number of aryl methyl sites for hydroxylation is 1. The Kier molecular flexibility index (Phi) is 14.1. The molecule has 0 fully saturated rings. The molecule has 2 heterocycles. The standard InChI is InChI=1S/C19H28N6O2S.C6H11NO/c1-6-10-25-15(17(23-24-25)18(26)20-13(3)7-2)9-8-11-27-16-12-14(4)21-19(22-16)28-5;1-4-5(2)6(8)7-3/h6,10,12-13H,7-9,11H2,1-5H3,(H,20,26);4-5H,1H2,2-3H3,(H,7,8)/b10-6+;. The highest BCUT2D eigenvalue weighted by atomic mass is 32.2. The summed E-state index contributed by atoms with van der Waals surface area (Å²) in [4.78, 5) is 31.7. The Balaban J connectivity index is 0.000000697. The number of allylic oxidation sites excluding steroid dienone is 1. The van der Waals surface area contributed by atoms with Crippen molar-refractivity contribution < 1.29 is 14.3 Å². The molecule has 2 atom stereocenters. The first kappa shape index (κ1) is 30.8. The third kappa shape index (κ3) is 10.2. The molecule has 0 aliphatic carbocycles. The van der Waals surface area contributed by atoms with Crippen LogP contribution in [0.5, 0.6) is 5.88 Å². The third-order valence-corrected chi connectivity index (χ3v) is 5.65. The zero-order valence-corrected chi connectivity index (χ0v) is 23.2. The van der Waals surface area contributed by atoms with Gasteiger partial charge in [0.1, 0.15) is 0 Å². The Hall–Kier alpha value is -3.21. The summed E-state index contributed by atoms with van der Waals surface area (Å²) in [6.45, 7) is 13.5. The highest BCUT2D eigenvalue weighted by molar-refractivity contribution is 7.98. The van der Waals surface area contributed by atoms with Gasteiger partial charge >= 0.3 is 0 Å². The molecule has 0 radical (unpaired) electrons. The van der Waals surface area contributed by atoms with E-state index in [0.717, 1.165) is 17.8 Å². The Morgan fingerprint density at radius 2 is 2.03 bits per heavy atom. The first-order valence-electron chi connectivity index (χ1n) is 11.9. The van der Waals surface area contributed by atoms with E-state index < -0.39 is 0 Å². The fraction of sp³-hybridized carbons (Fsp3) is 0.520. The zero-order valence-electron chi connectivity index (χ0n) is 22.4. The van der Waals surface area contributed by atoms with Crippen LogP contribution in [-0.4, -0.2) is 62.7 Å². The normalized spacial score (nSPS) is 12.3. The van der Waals surface area contributed by atoms with E-state index >= 15 is 0 Å². The summed E-state index contributed by atoms with van der Waals surface area (Å²) in [5, 5.41) is 14.3. The van der Waals surface area contributed by atoms with Crippen molar-refractivity contribution in [3.63, 3.8) is 0 Å². The van der Waals surface area contributed by atoms with Gasteiger partial charge in [0.05, 0.1) is 18.2 Å². The van der Waals surface area contributed by atoms with Gasteiger partial charge in [-0.05, 0) is 46.3 Å². The Bertz CT molecular complexity index is 1020. The second kappa shape index (κ2) is 16.5. The topological polar surface area (TPSA) is 124 Å². The summed E-state index contributed by atoms with van der Waals surface area (Å²) in [6, 6.07) is 1.90. The van der Waals surface area contributed by atoms with E-state index in [2.05, 4.69) is 37.5 Å². The predicted molar refractivity (Wildman–Crippen MR) is 144 cm³/mol. The lowest BCUT2D eigenvalue weighted by molar-refractivity contribution is -0.122. The molecule has 36 heavy (non-hydrogen) atoms. The summed E-state index contributed by atoms with van der Waals surface area (Å²) >= 11 is 1.48. The van der Waals surface area contributed by atoms with E-state index in [1.807, 2.05) is 46.1 Å². The van der Waals surface area contributed by atoms with Gasteiger partial charge in [0, 0.05) is 31.0 Å². The third-order valence-electron chi connectivity index (χ3n) is 5.10. The number of rotatable bonds is 12. The molecule has 0 aromatic carbocycles. The number of aromatic nitrogens is 5. The zero-order chi connectivity index (χ0) is 27.1. The number of carbonyl (C=O) groups excluding carboxylic acids is 2. The summed E-state index contributed by atoms with van der Waals surface area (Å²) in [5.74, 6) is 0.309. The summed E-state index contributed by atoms with van der Waals surface area (Å²) in [7, 11) is 1.61. The number of nitrogens with zero attached hydrogens (tertiary/aromatic N) is 5. The van der Waals surface area contributed by atoms with Crippen molar-refractivity contribution in [2.24, 2.45) is 5.92 Å². The Morgan fingerprint density at radius 3 is 2.58 bits per heavy atom. The van der Waals surface area contributed by atoms with E-state index in [9.17, 15) is 9.59 Å². The largest absolute Gasteiger partial charge is 0.478 e. The van der Waals surface area contributed by atoms with Crippen molar-refractivity contribution in [3.8, 4) is 5.88 Å². The summed E-state index contributed by atoms with van der Waals surface area (Å²) in [5.41, 5.74) is 2.00. The molecule has 11 heteroatoms. The van der Waals surface area contributed by atoms with Crippen LogP contribution in [0.25, 0.3) is 6.20 Å². The smallest absolute Gasteiger partial charge is 0.273 e. The van der Waals surface area contributed by atoms with Crippen LogP contribution in [0, 0.1) is 12.8 Å². The highest BCUT2D eigenvalue weighted by Crippen LogP contribution is 2.16. The summed E-state index contributed by atoms with van der Waals surface area (Å²) < 4.78 is 7.42. The van der Waals surface area contributed by atoms with Crippen molar-refractivity contribution in [1.29, 1.82) is 0 Å². The molecule has 0 saturated carbocycles. The molecule has 0 spiro atoms. The van der Waals surface area contributed by atoms with Crippen LogP contribution in [0.1, 0.15) is 62.4 Å². The number of hydrogen-bond acceptors (Lipinski definition) is 8. The fourth-order valence-electron chi connectivity index (χ4n) is 2.81. The van der Waals surface area contributed by atoms with Crippen molar-refractivity contribution in [3.05, 3.63) is 41.9 Å². The maximum Gasteiger partial charge on any atom is 0.273 e. The van der Waals surface area contributed by atoms with Crippen molar-refractivity contribution >= 4 is 29.8 Å². The average molecular weight is 518 g/mol. The van der Waals surface area contributed by atoms with Gasteiger partial charge in [0.25, 0.3) is 5.91 Å². The van der Waals surface area contributed by atoms with Crippen LogP contribution in [0.15, 0.2) is 30.0 Å². The van der Waals surface area contributed by atoms with Crippen LogP contribution in [0.3, 0.4) is 0 Å². The fourth-order valence-corrected chi connectivity index (χ4v) is 3.22. The lowest BCUT2D eigenvalue weighted by Gasteiger charge is -2.11. The molecule has 0 aliphatic heterocycles. The number of hydrogen-bond donors (Lipinski definition) is 2. The van der Waals surface area contributed by atoms with Gasteiger partial charge in [-0.1, -0.05) is 43.0 Å². The Labute approximate surface area is 218 Å². The van der Waals surface area contributed by atoms with Crippen LogP contribution >= 0.6 is 11.8 Å². The van der Waals surface area contributed by atoms with Gasteiger partial charge in [0.15, 0.2) is 10.9 Å². The van der Waals surface area contributed by atoms with Crippen molar-refractivity contribution in [1.82, 2.24) is 35.6 Å². The Morgan fingerprint density at radius 1 is 1.31 bits per heavy atom. The first-order valence-corrected chi connectivity index (χ1v) is 13.2. The molecule has 2 aromatic heterocycles. The average Bonchev–Trinajstić information content (AvgIpc) is 3.28. The molecule has 2 amide bonds. The van der Waals surface area contributed by atoms with Gasteiger partial charge < -0.3 is 15.4 Å². The molecule has 0 saturated heterocycles. The van der Waals surface area contributed by atoms with Crippen LogP contribution in [0.2, 0.25) is 0 Å². The molecule has 2 rings (SSSR count). The molecule has 0 aliphatic rings. The second-order valence-corrected chi connectivity index (χ2v) is 8.79. The molecular weight excluding hydrogens is 478 g/mol. The summed E-state index contributed by atoms with van der Waals surface area (Å²) in [6.07, 6.45) is 9.36. The lowest BCUT2D eigenvalue weighted by Crippen LogP contribution is -2.33. The quantitative estimate of drug-likeness (QED) is 0.189. The highest BCUT2D eigenvalue weighted by Gasteiger charge is 2.20. The van der Waals surface area contributed by atoms with Gasteiger partial charge in [0.2, 0.25) is 11.8 Å². The van der Waals surface area contributed by atoms with Crippen molar-refractivity contribution in [2.45, 2.75) is 65.1 Å². The van der Waals surface area contributed by atoms with Crippen LogP contribution < -0.4 is 15.4 Å².